The van der Waals surface area contributed by atoms with Gasteiger partial charge in [-0.2, -0.15) is 13.2 Å². The third-order valence-electron chi connectivity index (χ3n) is 2.86. The number of carbonyl (C=O) groups is 1. The second-order valence-corrected chi connectivity index (χ2v) is 4.90. The summed E-state index contributed by atoms with van der Waals surface area (Å²) in [5.41, 5.74) is -0.221. The highest BCUT2D eigenvalue weighted by molar-refractivity contribution is 6.31. The molecule has 2 aromatic rings. The summed E-state index contributed by atoms with van der Waals surface area (Å²) >= 11 is 5.88. The highest BCUT2D eigenvalue weighted by Gasteiger charge is 2.33. The number of benzene rings is 2. The maximum absolute atomic E-state index is 13.0. The smallest absolute Gasteiger partial charge is 0.417 e. The van der Waals surface area contributed by atoms with E-state index in [4.69, 9.17) is 16.7 Å². The standard InChI is InChI=1S/C15H10ClF3O2/c16-11-6-9(7-14(20)21)5-10(8-11)12-3-1-2-4-13(12)15(17,18)19/h1-6,8H,7H2,(H,20,21). The Balaban J connectivity index is 2.57. The Morgan fingerprint density at radius 3 is 2.43 bits per heavy atom. The first-order chi connectivity index (χ1) is 9.77. The Morgan fingerprint density at radius 2 is 1.81 bits per heavy atom. The molecule has 2 aromatic carbocycles. The first-order valence-corrected chi connectivity index (χ1v) is 6.33. The van der Waals surface area contributed by atoms with Crippen LogP contribution in [0.2, 0.25) is 5.02 Å². The molecule has 0 aliphatic rings. The van der Waals surface area contributed by atoms with Crippen LogP contribution in [0.3, 0.4) is 0 Å². The quantitative estimate of drug-likeness (QED) is 0.895. The molecule has 0 heterocycles. The van der Waals surface area contributed by atoms with Crippen molar-refractivity contribution in [3.8, 4) is 11.1 Å². The molecule has 0 aromatic heterocycles. The van der Waals surface area contributed by atoms with Gasteiger partial charge in [0.2, 0.25) is 0 Å². The zero-order chi connectivity index (χ0) is 15.6. The zero-order valence-corrected chi connectivity index (χ0v) is 11.4. The molecule has 0 unspecified atom stereocenters. The Labute approximate surface area is 123 Å². The van der Waals surface area contributed by atoms with Crippen molar-refractivity contribution in [3.05, 3.63) is 58.6 Å². The largest absolute Gasteiger partial charge is 0.481 e. The number of rotatable bonds is 3. The van der Waals surface area contributed by atoms with Gasteiger partial charge in [-0.3, -0.25) is 4.79 Å². The lowest BCUT2D eigenvalue weighted by atomic mass is 9.97. The predicted molar refractivity (Wildman–Crippen MR) is 73.2 cm³/mol. The highest BCUT2D eigenvalue weighted by atomic mass is 35.5. The summed E-state index contributed by atoms with van der Waals surface area (Å²) in [4.78, 5) is 10.7. The van der Waals surface area contributed by atoms with Gasteiger partial charge in [-0.05, 0) is 34.9 Å². The number of carboxylic acid groups (broad SMARTS) is 1. The van der Waals surface area contributed by atoms with E-state index in [1.54, 1.807) is 0 Å². The molecule has 0 radical (unpaired) electrons. The molecule has 2 nitrogen and oxygen atoms in total. The van der Waals surface area contributed by atoms with Crippen LogP contribution in [0.25, 0.3) is 11.1 Å². The van der Waals surface area contributed by atoms with Crippen molar-refractivity contribution in [1.29, 1.82) is 0 Å². The van der Waals surface area contributed by atoms with Crippen molar-refractivity contribution in [2.45, 2.75) is 12.6 Å². The summed E-state index contributed by atoms with van der Waals surface area (Å²) in [6, 6.07) is 9.32. The number of halogens is 4. The van der Waals surface area contributed by atoms with Gasteiger partial charge < -0.3 is 5.11 Å². The average Bonchev–Trinajstić information content (AvgIpc) is 2.36. The maximum atomic E-state index is 13.0. The molecule has 0 aliphatic heterocycles. The fourth-order valence-corrected chi connectivity index (χ4v) is 2.32. The Kier molecular flexibility index (Phi) is 4.23. The van der Waals surface area contributed by atoms with Crippen molar-refractivity contribution < 1.29 is 23.1 Å². The van der Waals surface area contributed by atoms with Crippen molar-refractivity contribution >= 4 is 17.6 Å². The van der Waals surface area contributed by atoms with E-state index in [0.29, 0.717) is 5.56 Å². The number of hydrogen-bond acceptors (Lipinski definition) is 1. The molecule has 0 bridgehead atoms. The van der Waals surface area contributed by atoms with Crippen LogP contribution in [0.4, 0.5) is 13.2 Å². The number of aliphatic carboxylic acids is 1. The third kappa shape index (κ3) is 3.76. The van der Waals surface area contributed by atoms with Crippen molar-refractivity contribution in [2.24, 2.45) is 0 Å². The molecule has 0 saturated carbocycles. The molecule has 0 atom stereocenters. The Bertz CT molecular complexity index is 681. The first kappa shape index (κ1) is 15.4. The molecule has 2 rings (SSSR count). The van der Waals surface area contributed by atoms with Crippen LogP contribution in [-0.2, 0) is 17.4 Å². The van der Waals surface area contributed by atoms with Crippen LogP contribution in [0, 0.1) is 0 Å². The predicted octanol–water partition coefficient (Wildman–Crippen LogP) is 4.65. The molecular weight excluding hydrogens is 305 g/mol. The minimum atomic E-state index is -4.49. The van der Waals surface area contributed by atoms with Gasteiger partial charge in [0.05, 0.1) is 12.0 Å². The summed E-state index contributed by atoms with van der Waals surface area (Å²) in [7, 11) is 0. The van der Waals surface area contributed by atoms with E-state index in [2.05, 4.69) is 0 Å². The van der Waals surface area contributed by atoms with Gasteiger partial charge in [0, 0.05) is 5.02 Å². The van der Waals surface area contributed by atoms with Crippen LogP contribution < -0.4 is 0 Å². The highest BCUT2D eigenvalue weighted by Crippen LogP contribution is 2.37. The molecule has 0 saturated heterocycles. The van der Waals surface area contributed by atoms with E-state index in [1.165, 1.54) is 36.4 Å². The molecule has 6 heteroatoms. The lowest BCUT2D eigenvalue weighted by Gasteiger charge is -2.13. The summed E-state index contributed by atoms with van der Waals surface area (Å²) in [6.45, 7) is 0. The number of carboxylic acids is 1. The van der Waals surface area contributed by atoms with Crippen LogP contribution in [0.5, 0.6) is 0 Å². The third-order valence-corrected chi connectivity index (χ3v) is 3.07. The van der Waals surface area contributed by atoms with Gasteiger partial charge >= 0.3 is 12.1 Å². The normalized spacial score (nSPS) is 11.4. The van der Waals surface area contributed by atoms with Crippen molar-refractivity contribution in [1.82, 2.24) is 0 Å². The molecule has 0 aliphatic carbocycles. The van der Waals surface area contributed by atoms with E-state index >= 15 is 0 Å². The van der Waals surface area contributed by atoms with E-state index in [1.807, 2.05) is 0 Å². The van der Waals surface area contributed by atoms with Crippen LogP contribution in [0.15, 0.2) is 42.5 Å². The van der Waals surface area contributed by atoms with Crippen molar-refractivity contribution in [3.63, 3.8) is 0 Å². The molecule has 0 amide bonds. The number of alkyl halides is 3. The Hall–Kier alpha value is -2.01. The Morgan fingerprint density at radius 1 is 1.14 bits per heavy atom. The summed E-state index contributed by atoms with van der Waals surface area (Å²) in [5.74, 6) is -1.08. The van der Waals surface area contributed by atoms with Gasteiger partial charge in [-0.25, -0.2) is 0 Å². The lowest BCUT2D eigenvalue weighted by molar-refractivity contribution is -0.137. The topological polar surface area (TPSA) is 37.3 Å². The van der Waals surface area contributed by atoms with Gasteiger partial charge in [-0.15, -0.1) is 0 Å². The summed E-state index contributed by atoms with van der Waals surface area (Å²) in [5, 5.41) is 8.98. The van der Waals surface area contributed by atoms with Gasteiger partial charge in [-0.1, -0.05) is 35.9 Å². The summed E-state index contributed by atoms with van der Waals surface area (Å²) < 4.78 is 39.1. The molecule has 21 heavy (non-hydrogen) atoms. The van der Waals surface area contributed by atoms with Gasteiger partial charge in [0.15, 0.2) is 0 Å². The molecular formula is C15H10ClF3O2. The minimum absolute atomic E-state index is 0.0286. The number of hydrogen-bond donors (Lipinski definition) is 1. The molecule has 1 N–H and O–H groups in total. The lowest BCUT2D eigenvalue weighted by Crippen LogP contribution is -2.07. The van der Waals surface area contributed by atoms with E-state index in [9.17, 15) is 18.0 Å². The molecule has 0 spiro atoms. The fraction of sp³-hybridized carbons (Fsp3) is 0.133. The zero-order valence-electron chi connectivity index (χ0n) is 10.6. The van der Waals surface area contributed by atoms with E-state index < -0.39 is 17.7 Å². The van der Waals surface area contributed by atoms with Crippen LogP contribution >= 0.6 is 11.6 Å². The van der Waals surface area contributed by atoms with Gasteiger partial charge in [0.25, 0.3) is 0 Å². The average molecular weight is 315 g/mol. The van der Waals surface area contributed by atoms with Crippen LogP contribution in [0.1, 0.15) is 11.1 Å². The van der Waals surface area contributed by atoms with Gasteiger partial charge in [0.1, 0.15) is 0 Å². The molecule has 0 fully saturated rings. The molecule has 110 valence electrons. The SMILES string of the molecule is O=C(O)Cc1cc(Cl)cc(-c2ccccc2C(F)(F)F)c1. The maximum Gasteiger partial charge on any atom is 0.417 e. The second-order valence-electron chi connectivity index (χ2n) is 4.46. The summed E-state index contributed by atoms with van der Waals surface area (Å²) in [6.07, 6.45) is -4.80. The second kappa shape index (κ2) is 5.77. The fourth-order valence-electron chi connectivity index (χ4n) is 2.06. The van der Waals surface area contributed by atoms with E-state index in [-0.39, 0.29) is 22.6 Å². The monoisotopic (exact) mass is 314 g/mol. The first-order valence-electron chi connectivity index (χ1n) is 5.95. The van der Waals surface area contributed by atoms with Crippen molar-refractivity contribution in [2.75, 3.05) is 0 Å². The van der Waals surface area contributed by atoms with E-state index in [0.717, 1.165) is 6.07 Å². The minimum Gasteiger partial charge on any atom is -0.481 e. The van der Waals surface area contributed by atoms with Crippen LogP contribution in [-0.4, -0.2) is 11.1 Å².